The molecule has 2 rings (SSSR count). The lowest BCUT2D eigenvalue weighted by Crippen LogP contribution is -2.50. The van der Waals surface area contributed by atoms with E-state index in [9.17, 15) is 9.59 Å². The summed E-state index contributed by atoms with van der Waals surface area (Å²) < 4.78 is 0. The summed E-state index contributed by atoms with van der Waals surface area (Å²) >= 11 is 0. The number of amides is 2. The van der Waals surface area contributed by atoms with Crippen molar-refractivity contribution in [1.82, 2.24) is 10.6 Å². The van der Waals surface area contributed by atoms with Crippen LogP contribution in [0.1, 0.15) is 25.3 Å². The second kappa shape index (κ2) is 5.30. The Kier molecular flexibility index (Phi) is 3.74. The summed E-state index contributed by atoms with van der Waals surface area (Å²) in [6.07, 6.45) is 2.16. The Balaban J connectivity index is 1.92. The predicted molar refractivity (Wildman–Crippen MR) is 70.9 cm³/mol. The third-order valence-corrected chi connectivity index (χ3v) is 3.30. The summed E-state index contributed by atoms with van der Waals surface area (Å²) in [5.41, 5.74) is 0.729. The normalized spacial score (nSPS) is 17.3. The topological polar surface area (TPSA) is 78.4 Å². The van der Waals surface area contributed by atoms with E-state index in [1.165, 1.54) is 0 Å². The van der Waals surface area contributed by atoms with Crippen LogP contribution in [0, 0.1) is 0 Å². The third kappa shape index (κ3) is 3.98. The highest BCUT2D eigenvalue weighted by molar-refractivity contribution is 5.83. The van der Waals surface area contributed by atoms with E-state index in [2.05, 4.69) is 10.6 Å². The quantitative estimate of drug-likeness (QED) is 0.753. The predicted octanol–water partition coefficient (Wildman–Crippen LogP) is 1.53. The summed E-state index contributed by atoms with van der Waals surface area (Å²) in [4.78, 5) is 22.9. The minimum atomic E-state index is -1.03. The Bertz CT molecular complexity index is 469. The van der Waals surface area contributed by atoms with Crippen LogP contribution in [0.25, 0.3) is 0 Å². The Hall–Kier alpha value is -2.04. The van der Waals surface area contributed by atoms with E-state index in [1.54, 1.807) is 0 Å². The molecule has 0 bridgehead atoms. The van der Waals surface area contributed by atoms with Gasteiger partial charge in [0.1, 0.15) is 6.04 Å². The highest BCUT2D eigenvalue weighted by Crippen LogP contribution is 2.33. The van der Waals surface area contributed by atoms with Gasteiger partial charge in [0.2, 0.25) is 0 Å². The minimum Gasteiger partial charge on any atom is -0.480 e. The van der Waals surface area contributed by atoms with Crippen LogP contribution in [0.4, 0.5) is 4.79 Å². The van der Waals surface area contributed by atoms with Gasteiger partial charge in [-0.3, -0.25) is 0 Å². The van der Waals surface area contributed by atoms with Gasteiger partial charge in [-0.15, -0.1) is 0 Å². The molecule has 3 N–H and O–H groups in total. The van der Waals surface area contributed by atoms with E-state index in [1.807, 2.05) is 37.3 Å². The summed E-state index contributed by atoms with van der Waals surface area (Å²) in [7, 11) is 0. The highest BCUT2D eigenvalue weighted by atomic mass is 16.4. The number of carboxylic acids is 1. The maximum absolute atomic E-state index is 11.7. The van der Waals surface area contributed by atoms with Crippen LogP contribution in [-0.4, -0.2) is 28.7 Å². The van der Waals surface area contributed by atoms with Crippen LogP contribution in [-0.2, 0) is 11.2 Å². The number of urea groups is 1. The first-order chi connectivity index (χ1) is 8.98. The molecule has 19 heavy (non-hydrogen) atoms. The molecule has 5 heteroatoms. The van der Waals surface area contributed by atoms with Gasteiger partial charge in [-0.05, 0) is 25.3 Å². The van der Waals surface area contributed by atoms with E-state index in [0.29, 0.717) is 0 Å². The molecule has 0 spiro atoms. The van der Waals surface area contributed by atoms with Crippen molar-refractivity contribution in [1.29, 1.82) is 0 Å². The number of hydrogen-bond acceptors (Lipinski definition) is 2. The molecule has 1 aromatic carbocycles. The van der Waals surface area contributed by atoms with Gasteiger partial charge >= 0.3 is 12.0 Å². The lowest BCUT2D eigenvalue weighted by atomic mass is 10.1. The van der Waals surface area contributed by atoms with Gasteiger partial charge < -0.3 is 15.7 Å². The van der Waals surface area contributed by atoms with E-state index in [0.717, 1.165) is 18.4 Å². The maximum Gasteiger partial charge on any atom is 0.326 e. The van der Waals surface area contributed by atoms with E-state index < -0.39 is 18.0 Å². The van der Waals surface area contributed by atoms with Crippen molar-refractivity contribution in [2.45, 2.75) is 37.8 Å². The van der Waals surface area contributed by atoms with Crippen LogP contribution in [0.2, 0.25) is 0 Å². The summed E-state index contributed by atoms with van der Waals surface area (Å²) in [5, 5.41) is 14.5. The minimum absolute atomic E-state index is 0.153. The van der Waals surface area contributed by atoms with Crippen molar-refractivity contribution >= 4 is 12.0 Å². The SMILES string of the molecule is CC1(NC(=O)N[C@H](Cc2ccccc2)C(=O)O)CC1. The third-order valence-electron chi connectivity index (χ3n) is 3.30. The molecule has 0 unspecified atom stereocenters. The van der Waals surface area contributed by atoms with Crippen LogP contribution >= 0.6 is 0 Å². The second-order valence-corrected chi connectivity index (χ2v) is 5.24. The zero-order chi connectivity index (χ0) is 13.9. The Morgan fingerprint density at radius 3 is 2.47 bits per heavy atom. The van der Waals surface area contributed by atoms with Gasteiger partial charge in [0.25, 0.3) is 0 Å². The molecule has 0 saturated heterocycles. The number of nitrogens with one attached hydrogen (secondary N) is 2. The van der Waals surface area contributed by atoms with Crippen molar-refractivity contribution in [3.05, 3.63) is 35.9 Å². The van der Waals surface area contributed by atoms with Gasteiger partial charge in [-0.1, -0.05) is 30.3 Å². The standard InChI is InChI=1S/C14H18N2O3/c1-14(7-8-14)16-13(19)15-11(12(17)18)9-10-5-3-2-4-6-10/h2-6,11H,7-9H2,1H3,(H,17,18)(H2,15,16,19)/t11-/m1/s1. The molecule has 0 heterocycles. The Morgan fingerprint density at radius 1 is 1.32 bits per heavy atom. The van der Waals surface area contributed by atoms with Gasteiger partial charge in [0.05, 0.1) is 0 Å². The average molecular weight is 262 g/mol. The van der Waals surface area contributed by atoms with Crippen LogP contribution in [0.15, 0.2) is 30.3 Å². The summed E-state index contributed by atoms with van der Waals surface area (Å²) in [6.45, 7) is 1.94. The molecular weight excluding hydrogens is 244 g/mol. The van der Waals surface area contributed by atoms with E-state index in [-0.39, 0.29) is 12.0 Å². The van der Waals surface area contributed by atoms with Crippen molar-refractivity contribution in [3.8, 4) is 0 Å². The molecule has 0 aromatic heterocycles. The number of benzene rings is 1. The molecule has 1 saturated carbocycles. The van der Waals surface area contributed by atoms with E-state index in [4.69, 9.17) is 5.11 Å². The summed E-state index contributed by atoms with van der Waals surface area (Å²) in [6, 6.07) is 7.93. The molecule has 1 aliphatic rings. The van der Waals surface area contributed by atoms with Crippen LogP contribution in [0.3, 0.4) is 0 Å². The van der Waals surface area contributed by atoms with Crippen molar-refractivity contribution < 1.29 is 14.7 Å². The van der Waals surface area contributed by atoms with Crippen molar-refractivity contribution in [2.75, 3.05) is 0 Å². The lowest BCUT2D eigenvalue weighted by Gasteiger charge is -2.17. The van der Waals surface area contributed by atoms with E-state index >= 15 is 0 Å². The number of carbonyl (C=O) groups is 2. The molecule has 1 aromatic rings. The summed E-state index contributed by atoms with van der Waals surface area (Å²) in [5.74, 6) is -1.03. The zero-order valence-electron chi connectivity index (χ0n) is 10.8. The first-order valence-electron chi connectivity index (χ1n) is 6.34. The molecule has 2 amide bonds. The first-order valence-corrected chi connectivity index (χ1v) is 6.34. The number of carbonyl (C=O) groups excluding carboxylic acids is 1. The fourth-order valence-corrected chi connectivity index (χ4v) is 1.83. The Labute approximate surface area is 112 Å². The molecule has 1 aliphatic carbocycles. The number of hydrogen-bond donors (Lipinski definition) is 3. The second-order valence-electron chi connectivity index (χ2n) is 5.24. The van der Waals surface area contributed by atoms with Gasteiger partial charge in [-0.2, -0.15) is 0 Å². The molecule has 5 nitrogen and oxygen atoms in total. The molecule has 1 atom stereocenters. The highest BCUT2D eigenvalue weighted by Gasteiger charge is 2.39. The Morgan fingerprint density at radius 2 is 1.95 bits per heavy atom. The molecule has 102 valence electrons. The van der Waals surface area contributed by atoms with Crippen LogP contribution < -0.4 is 10.6 Å². The van der Waals surface area contributed by atoms with Crippen molar-refractivity contribution in [3.63, 3.8) is 0 Å². The molecule has 0 radical (unpaired) electrons. The lowest BCUT2D eigenvalue weighted by molar-refractivity contribution is -0.139. The van der Waals surface area contributed by atoms with Crippen molar-refractivity contribution in [2.24, 2.45) is 0 Å². The monoisotopic (exact) mass is 262 g/mol. The van der Waals surface area contributed by atoms with Gasteiger partial charge in [-0.25, -0.2) is 9.59 Å². The number of rotatable bonds is 5. The number of aliphatic carboxylic acids is 1. The largest absolute Gasteiger partial charge is 0.480 e. The molecular formula is C14H18N2O3. The van der Waals surface area contributed by atoms with Gasteiger partial charge in [0.15, 0.2) is 0 Å². The smallest absolute Gasteiger partial charge is 0.326 e. The first kappa shape index (κ1) is 13.4. The fraction of sp³-hybridized carbons (Fsp3) is 0.429. The fourth-order valence-electron chi connectivity index (χ4n) is 1.83. The van der Waals surface area contributed by atoms with Gasteiger partial charge in [0, 0.05) is 12.0 Å². The molecule has 1 fully saturated rings. The maximum atomic E-state index is 11.7. The number of carboxylic acid groups (broad SMARTS) is 1. The van der Waals surface area contributed by atoms with Crippen LogP contribution in [0.5, 0.6) is 0 Å². The average Bonchev–Trinajstić information content (AvgIpc) is 3.07. The zero-order valence-corrected chi connectivity index (χ0v) is 10.8. The molecule has 0 aliphatic heterocycles.